The molecule has 2 aromatic carbocycles. The molecule has 27 heavy (non-hydrogen) atoms. The first-order valence-electron chi connectivity index (χ1n) is 9.36. The highest BCUT2D eigenvalue weighted by atomic mass is 16.5. The molecule has 0 radical (unpaired) electrons. The predicted molar refractivity (Wildman–Crippen MR) is 100 cm³/mol. The highest BCUT2D eigenvalue weighted by molar-refractivity contribution is 6.22. The summed E-state index contributed by atoms with van der Waals surface area (Å²) in [5.41, 5.74) is 1.43. The van der Waals surface area contributed by atoms with Gasteiger partial charge in [0.1, 0.15) is 5.75 Å². The van der Waals surface area contributed by atoms with Crippen LogP contribution in [0.4, 0.5) is 5.69 Å². The first-order chi connectivity index (χ1) is 13.1. The number of imide groups is 1. The maximum atomic E-state index is 12.6. The lowest BCUT2D eigenvalue weighted by atomic mass is 9.81. The number of carbonyl (C=O) groups is 3. The molecule has 0 unspecified atom stereocenters. The first kappa shape index (κ1) is 17.5. The first-order valence-corrected chi connectivity index (χ1v) is 9.36. The number of esters is 1. The normalized spacial score (nSPS) is 21.9. The van der Waals surface area contributed by atoms with Crippen molar-refractivity contribution in [2.75, 3.05) is 4.90 Å². The standard InChI is InChI=1S/C22H21NO4/c24-20(14-15-6-2-1-3-7-15)27-17-12-10-16(11-13-17)23-21(25)18-8-4-5-9-19(18)22(23)26/h1-3,6-7,10-13,18-19H,4-5,8-9,14H2/t18-,19-/m0/s1. The van der Waals surface area contributed by atoms with Crippen molar-refractivity contribution in [3.05, 3.63) is 60.2 Å². The molecule has 0 aromatic heterocycles. The largest absolute Gasteiger partial charge is 0.426 e. The maximum absolute atomic E-state index is 12.6. The quantitative estimate of drug-likeness (QED) is 0.474. The van der Waals surface area contributed by atoms with Crippen molar-refractivity contribution >= 4 is 23.5 Å². The number of rotatable bonds is 4. The van der Waals surface area contributed by atoms with Gasteiger partial charge < -0.3 is 4.74 Å². The van der Waals surface area contributed by atoms with Crippen LogP contribution in [0.3, 0.4) is 0 Å². The van der Waals surface area contributed by atoms with Gasteiger partial charge in [0.15, 0.2) is 0 Å². The number of ether oxygens (including phenoxy) is 1. The summed E-state index contributed by atoms with van der Waals surface area (Å²) in [4.78, 5) is 38.6. The lowest BCUT2D eigenvalue weighted by Crippen LogP contribution is -2.30. The third-order valence-electron chi connectivity index (χ3n) is 5.36. The van der Waals surface area contributed by atoms with Gasteiger partial charge in [0.05, 0.1) is 23.9 Å². The Kier molecular flexibility index (Phi) is 4.75. The number of amides is 2. The molecule has 5 heteroatoms. The van der Waals surface area contributed by atoms with Crippen LogP contribution in [0.15, 0.2) is 54.6 Å². The van der Waals surface area contributed by atoms with Crippen molar-refractivity contribution in [3.63, 3.8) is 0 Å². The zero-order valence-corrected chi connectivity index (χ0v) is 15.0. The zero-order valence-electron chi connectivity index (χ0n) is 15.0. The highest BCUT2D eigenvalue weighted by Gasteiger charge is 2.48. The molecule has 1 aliphatic carbocycles. The van der Waals surface area contributed by atoms with Gasteiger partial charge in [0, 0.05) is 0 Å². The Hall–Kier alpha value is -2.95. The van der Waals surface area contributed by atoms with E-state index in [0.717, 1.165) is 31.2 Å². The molecular formula is C22H21NO4. The average Bonchev–Trinajstić information content (AvgIpc) is 2.94. The van der Waals surface area contributed by atoms with E-state index in [0.29, 0.717) is 11.4 Å². The molecule has 1 saturated carbocycles. The number of hydrogen-bond donors (Lipinski definition) is 0. The fourth-order valence-corrected chi connectivity index (χ4v) is 4.01. The third kappa shape index (κ3) is 3.50. The summed E-state index contributed by atoms with van der Waals surface area (Å²) in [6.07, 6.45) is 3.78. The van der Waals surface area contributed by atoms with Crippen molar-refractivity contribution in [1.82, 2.24) is 0 Å². The van der Waals surface area contributed by atoms with Gasteiger partial charge in [-0.05, 0) is 42.7 Å². The van der Waals surface area contributed by atoms with Gasteiger partial charge in [-0.15, -0.1) is 0 Å². The number of benzene rings is 2. The maximum Gasteiger partial charge on any atom is 0.315 e. The summed E-state index contributed by atoms with van der Waals surface area (Å²) >= 11 is 0. The Morgan fingerprint density at radius 2 is 1.48 bits per heavy atom. The molecule has 1 heterocycles. The van der Waals surface area contributed by atoms with Crippen LogP contribution in [0.5, 0.6) is 5.75 Å². The molecule has 1 aliphatic heterocycles. The molecular weight excluding hydrogens is 342 g/mol. The molecule has 138 valence electrons. The Labute approximate surface area is 157 Å². The van der Waals surface area contributed by atoms with E-state index in [1.165, 1.54) is 4.90 Å². The van der Waals surface area contributed by atoms with Gasteiger partial charge >= 0.3 is 5.97 Å². The van der Waals surface area contributed by atoms with E-state index >= 15 is 0 Å². The second-order valence-electron chi connectivity index (χ2n) is 7.14. The van der Waals surface area contributed by atoms with E-state index in [4.69, 9.17) is 4.74 Å². The Morgan fingerprint density at radius 1 is 0.889 bits per heavy atom. The third-order valence-corrected chi connectivity index (χ3v) is 5.36. The van der Waals surface area contributed by atoms with Crippen LogP contribution in [0.2, 0.25) is 0 Å². The molecule has 0 spiro atoms. The van der Waals surface area contributed by atoms with Crippen LogP contribution in [-0.4, -0.2) is 17.8 Å². The second-order valence-corrected chi connectivity index (χ2v) is 7.14. The molecule has 2 aromatic rings. The fourth-order valence-electron chi connectivity index (χ4n) is 4.01. The highest BCUT2D eigenvalue weighted by Crippen LogP contribution is 2.40. The van der Waals surface area contributed by atoms with Crippen molar-refractivity contribution in [3.8, 4) is 5.75 Å². The minimum absolute atomic E-state index is 0.0986. The van der Waals surface area contributed by atoms with Gasteiger partial charge in [-0.25, -0.2) is 0 Å². The molecule has 2 aliphatic rings. The molecule has 2 fully saturated rings. The molecule has 2 amide bonds. The molecule has 2 atom stereocenters. The number of carbonyl (C=O) groups excluding carboxylic acids is 3. The summed E-state index contributed by atoms with van der Waals surface area (Å²) in [5, 5.41) is 0. The van der Waals surface area contributed by atoms with Gasteiger partial charge in [-0.1, -0.05) is 43.2 Å². The number of fused-ring (bicyclic) bond motifs is 1. The van der Waals surface area contributed by atoms with E-state index in [1.807, 2.05) is 30.3 Å². The molecule has 5 nitrogen and oxygen atoms in total. The van der Waals surface area contributed by atoms with Gasteiger partial charge in [0.2, 0.25) is 11.8 Å². The summed E-state index contributed by atoms with van der Waals surface area (Å²) in [5.74, 6) is -0.495. The van der Waals surface area contributed by atoms with Crippen LogP contribution in [0.25, 0.3) is 0 Å². The summed E-state index contributed by atoms with van der Waals surface area (Å²) in [6, 6.07) is 16.0. The monoisotopic (exact) mass is 363 g/mol. The van der Waals surface area contributed by atoms with Crippen molar-refractivity contribution < 1.29 is 19.1 Å². The van der Waals surface area contributed by atoms with Crippen LogP contribution in [0, 0.1) is 11.8 Å². The summed E-state index contributed by atoms with van der Waals surface area (Å²) < 4.78 is 5.36. The number of hydrogen-bond acceptors (Lipinski definition) is 4. The average molecular weight is 363 g/mol. The second kappa shape index (κ2) is 7.35. The minimum atomic E-state index is -0.353. The smallest absolute Gasteiger partial charge is 0.315 e. The molecule has 0 bridgehead atoms. The van der Waals surface area contributed by atoms with Crippen LogP contribution < -0.4 is 9.64 Å². The van der Waals surface area contributed by atoms with E-state index in [9.17, 15) is 14.4 Å². The topological polar surface area (TPSA) is 63.7 Å². The Morgan fingerprint density at radius 3 is 2.07 bits per heavy atom. The van der Waals surface area contributed by atoms with Crippen LogP contribution in [-0.2, 0) is 20.8 Å². The van der Waals surface area contributed by atoms with Gasteiger partial charge in [-0.3, -0.25) is 19.3 Å². The molecule has 1 saturated heterocycles. The fraction of sp³-hybridized carbons (Fsp3) is 0.318. The van der Waals surface area contributed by atoms with Gasteiger partial charge in [-0.2, -0.15) is 0 Å². The summed E-state index contributed by atoms with van der Waals surface area (Å²) in [7, 11) is 0. The van der Waals surface area contributed by atoms with Crippen molar-refractivity contribution in [1.29, 1.82) is 0 Å². The Balaban J connectivity index is 1.44. The van der Waals surface area contributed by atoms with E-state index in [1.54, 1.807) is 24.3 Å². The van der Waals surface area contributed by atoms with E-state index < -0.39 is 0 Å². The van der Waals surface area contributed by atoms with Crippen molar-refractivity contribution in [2.45, 2.75) is 32.1 Å². The Bertz CT molecular complexity index is 836. The summed E-state index contributed by atoms with van der Waals surface area (Å²) in [6.45, 7) is 0. The number of anilines is 1. The lowest BCUT2D eigenvalue weighted by molar-refractivity contribution is -0.133. The SMILES string of the molecule is O=C(Cc1ccccc1)Oc1ccc(N2C(=O)[C@H]3CCCC[C@@H]3C2=O)cc1. The number of nitrogens with zero attached hydrogens (tertiary/aromatic N) is 1. The van der Waals surface area contributed by atoms with E-state index in [2.05, 4.69) is 0 Å². The zero-order chi connectivity index (χ0) is 18.8. The van der Waals surface area contributed by atoms with Gasteiger partial charge in [0.25, 0.3) is 0 Å². The minimum Gasteiger partial charge on any atom is -0.426 e. The predicted octanol–water partition coefficient (Wildman–Crippen LogP) is 3.51. The van der Waals surface area contributed by atoms with Crippen LogP contribution >= 0.6 is 0 Å². The lowest BCUT2D eigenvalue weighted by Gasteiger charge is -2.19. The molecule has 4 rings (SSSR count). The molecule has 0 N–H and O–H groups in total. The van der Waals surface area contributed by atoms with E-state index in [-0.39, 0.29) is 36.0 Å². The van der Waals surface area contributed by atoms with Crippen molar-refractivity contribution in [2.24, 2.45) is 11.8 Å². The van der Waals surface area contributed by atoms with Crippen LogP contribution in [0.1, 0.15) is 31.2 Å².